The summed E-state index contributed by atoms with van der Waals surface area (Å²) in [6.45, 7) is 2.09. The molecule has 7 nitrogen and oxygen atoms in total. The van der Waals surface area contributed by atoms with Gasteiger partial charge in [0.15, 0.2) is 5.82 Å². The fraction of sp³-hybridized carbons (Fsp3) is 0.0385. The van der Waals surface area contributed by atoms with Crippen molar-refractivity contribution in [1.29, 1.82) is 0 Å². The molecular formula is C26H19N5O2S. The molecule has 34 heavy (non-hydrogen) atoms. The molecule has 166 valence electrons. The maximum Gasteiger partial charge on any atom is 0.270 e. The summed E-state index contributed by atoms with van der Waals surface area (Å²) >= 11 is 1.69. The number of nitro benzene ring substituents is 1. The predicted octanol–water partition coefficient (Wildman–Crippen LogP) is 6.89. The zero-order valence-electron chi connectivity index (χ0n) is 18.2. The molecule has 5 aromatic rings. The van der Waals surface area contributed by atoms with Gasteiger partial charge in [-0.2, -0.15) is 0 Å². The first-order chi connectivity index (χ1) is 16.6. The van der Waals surface area contributed by atoms with E-state index in [1.165, 1.54) is 17.0 Å². The van der Waals surface area contributed by atoms with Crippen molar-refractivity contribution in [2.45, 2.75) is 6.92 Å². The number of nitrogens with zero attached hydrogens (tertiary/aromatic N) is 4. The van der Waals surface area contributed by atoms with Crippen molar-refractivity contribution in [3.63, 3.8) is 0 Å². The minimum Gasteiger partial charge on any atom is -0.339 e. The van der Waals surface area contributed by atoms with Crippen molar-refractivity contribution in [2.75, 3.05) is 5.32 Å². The first-order valence-electron chi connectivity index (χ1n) is 10.6. The van der Waals surface area contributed by atoms with E-state index in [2.05, 4.69) is 34.6 Å². The number of rotatable bonds is 6. The number of aryl methyl sites for hydroxylation is 1. The van der Waals surface area contributed by atoms with Crippen LogP contribution in [0.1, 0.15) is 4.88 Å². The molecule has 0 fully saturated rings. The van der Waals surface area contributed by atoms with E-state index in [9.17, 15) is 10.1 Å². The number of nitrogens with one attached hydrogen (secondary N) is 1. The zero-order valence-corrected chi connectivity index (χ0v) is 19.0. The van der Waals surface area contributed by atoms with Crippen molar-refractivity contribution in [2.24, 2.45) is 0 Å². The molecule has 0 amide bonds. The van der Waals surface area contributed by atoms with Crippen LogP contribution in [0.4, 0.5) is 17.2 Å². The second-order valence-electron chi connectivity index (χ2n) is 7.60. The first kappa shape index (κ1) is 21.4. The smallest absolute Gasteiger partial charge is 0.270 e. The lowest BCUT2D eigenvalue weighted by atomic mass is 10.1. The summed E-state index contributed by atoms with van der Waals surface area (Å²) in [5.74, 6) is 0.582. The largest absolute Gasteiger partial charge is 0.339 e. The number of nitro groups is 1. The molecule has 0 unspecified atom stereocenters. The summed E-state index contributed by atoms with van der Waals surface area (Å²) in [5, 5.41) is 23.7. The highest BCUT2D eigenvalue weighted by atomic mass is 32.1. The fourth-order valence-corrected chi connectivity index (χ4v) is 4.50. The molecule has 0 aliphatic rings. The summed E-state index contributed by atoms with van der Waals surface area (Å²) in [7, 11) is 0. The van der Waals surface area contributed by atoms with Crippen molar-refractivity contribution in [3.05, 3.63) is 106 Å². The number of aromatic nitrogens is 3. The van der Waals surface area contributed by atoms with Crippen molar-refractivity contribution < 1.29 is 4.92 Å². The molecule has 0 radical (unpaired) electrons. The third kappa shape index (κ3) is 4.53. The van der Waals surface area contributed by atoms with Crippen LogP contribution in [0.25, 0.3) is 33.1 Å². The Labute approximate surface area is 199 Å². The number of anilines is 2. The molecule has 0 saturated carbocycles. The SMILES string of the molecule is Cc1sc(-c2ccccc2)nc1-c1ccc(Nc2ccc(-c3cccc([N+](=O)[O-])c3)nn2)cc1. The number of hydrogen-bond donors (Lipinski definition) is 1. The van der Waals surface area contributed by atoms with Crippen LogP contribution in [0, 0.1) is 17.0 Å². The third-order valence-corrected chi connectivity index (χ3v) is 6.29. The molecule has 0 aliphatic carbocycles. The van der Waals surface area contributed by atoms with Gasteiger partial charge in [-0.1, -0.05) is 54.6 Å². The Morgan fingerprint density at radius 2 is 1.59 bits per heavy atom. The van der Waals surface area contributed by atoms with E-state index in [-0.39, 0.29) is 5.69 Å². The van der Waals surface area contributed by atoms with E-state index in [0.717, 1.165) is 27.5 Å². The highest BCUT2D eigenvalue weighted by Crippen LogP contribution is 2.33. The van der Waals surface area contributed by atoms with Crippen LogP contribution >= 0.6 is 11.3 Å². The molecule has 2 aromatic heterocycles. The van der Waals surface area contributed by atoms with Gasteiger partial charge in [-0.25, -0.2) is 4.98 Å². The van der Waals surface area contributed by atoms with Gasteiger partial charge in [-0.3, -0.25) is 10.1 Å². The number of benzene rings is 3. The van der Waals surface area contributed by atoms with E-state index >= 15 is 0 Å². The minimum atomic E-state index is -0.425. The van der Waals surface area contributed by atoms with Crippen LogP contribution in [0.15, 0.2) is 91.0 Å². The Balaban J connectivity index is 1.31. The van der Waals surface area contributed by atoms with Gasteiger partial charge in [0.25, 0.3) is 5.69 Å². The van der Waals surface area contributed by atoms with Gasteiger partial charge in [0.1, 0.15) is 5.01 Å². The Kier molecular flexibility index (Phi) is 5.80. The fourth-order valence-electron chi connectivity index (χ4n) is 3.56. The quantitative estimate of drug-likeness (QED) is 0.217. The third-order valence-electron chi connectivity index (χ3n) is 5.27. The van der Waals surface area contributed by atoms with Crippen LogP contribution in [-0.4, -0.2) is 20.1 Å². The lowest BCUT2D eigenvalue weighted by molar-refractivity contribution is -0.384. The Bertz CT molecular complexity index is 1450. The van der Waals surface area contributed by atoms with E-state index < -0.39 is 4.92 Å². The maximum atomic E-state index is 11.0. The lowest BCUT2D eigenvalue weighted by Crippen LogP contribution is -1.97. The van der Waals surface area contributed by atoms with Crippen LogP contribution in [0.2, 0.25) is 0 Å². The summed E-state index contributed by atoms with van der Waals surface area (Å²) in [6, 6.07) is 28.1. The number of hydrogen-bond acceptors (Lipinski definition) is 7. The van der Waals surface area contributed by atoms with Gasteiger partial charge in [0, 0.05) is 39.4 Å². The van der Waals surface area contributed by atoms with Crippen LogP contribution in [0.3, 0.4) is 0 Å². The van der Waals surface area contributed by atoms with E-state index in [1.54, 1.807) is 35.6 Å². The summed E-state index contributed by atoms with van der Waals surface area (Å²) in [4.78, 5) is 16.6. The summed E-state index contributed by atoms with van der Waals surface area (Å²) < 4.78 is 0. The van der Waals surface area contributed by atoms with Crippen molar-refractivity contribution in [3.8, 4) is 33.1 Å². The van der Waals surface area contributed by atoms with E-state index in [1.807, 2.05) is 42.5 Å². The second-order valence-corrected chi connectivity index (χ2v) is 8.81. The predicted molar refractivity (Wildman–Crippen MR) is 135 cm³/mol. The second kappa shape index (κ2) is 9.21. The molecule has 0 bridgehead atoms. The van der Waals surface area contributed by atoms with Crippen molar-refractivity contribution >= 4 is 28.5 Å². The molecule has 0 saturated heterocycles. The van der Waals surface area contributed by atoms with Gasteiger partial charge in [-0.05, 0) is 31.2 Å². The number of non-ortho nitro benzene ring substituents is 1. The molecule has 8 heteroatoms. The standard InChI is InChI=1S/C26H19N5O2S/c1-17-25(28-26(34-17)19-6-3-2-4-7-19)18-10-12-21(13-11-18)27-24-15-14-23(29-30-24)20-8-5-9-22(16-20)31(32)33/h2-16H,1H3,(H,27,30). The monoisotopic (exact) mass is 465 g/mol. The summed E-state index contributed by atoms with van der Waals surface area (Å²) in [6.07, 6.45) is 0. The highest BCUT2D eigenvalue weighted by Gasteiger charge is 2.12. The van der Waals surface area contributed by atoms with Gasteiger partial charge >= 0.3 is 0 Å². The zero-order chi connectivity index (χ0) is 23.5. The molecular weight excluding hydrogens is 446 g/mol. The molecule has 2 heterocycles. The molecule has 0 aliphatic heterocycles. The summed E-state index contributed by atoms with van der Waals surface area (Å²) in [5.41, 5.74) is 5.26. The highest BCUT2D eigenvalue weighted by molar-refractivity contribution is 7.15. The molecule has 0 spiro atoms. The van der Waals surface area contributed by atoms with Gasteiger partial charge in [-0.15, -0.1) is 21.5 Å². The Morgan fingerprint density at radius 3 is 2.29 bits per heavy atom. The minimum absolute atomic E-state index is 0.0211. The van der Waals surface area contributed by atoms with Crippen molar-refractivity contribution in [1.82, 2.24) is 15.2 Å². The first-order valence-corrected chi connectivity index (χ1v) is 11.4. The average molecular weight is 466 g/mol. The van der Waals surface area contributed by atoms with Gasteiger partial charge in [0.2, 0.25) is 0 Å². The number of thiazole rings is 1. The van der Waals surface area contributed by atoms with Crippen LogP contribution in [0.5, 0.6) is 0 Å². The molecule has 3 aromatic carbocycles. The normalized spacial score (nSPS) is 10.7. The Hall–Kier alpha value is -4.43. The topological polar surface area (TPSA) is 93.8 Å². The average Bonchev–Trinajstić information content (AvgIpc) is 3.27. The van der Waals surface area contributed by atoms with E-state index in [0.29, 0.717) is 17.1 Å². The van der Waals surface area contributed by atoms with Crippen LogP contribution in [-0.2, 0) is 0 Å². The molecule has 1 N–H and O–H groups in total. The lowest BCUT2D eigenvalue weighted by Gasteiger charge is -2.07. The van der Waals surface area contributed by atoms with Gasteiger partial charge < -0.3 is 5.32 Å². The Morgan fingerprint density at radius 1 is 0.824 bits per heavy atom. The molecule has 5 rings (SSSR count). The molecule has 0 atom stereocenters. The maximum absolute atomic E-state index is 11.0. The van der Waals surface area contributed by atoms with Crippen LogP contribution < -0.4 is 5.32 Å². The van der Waals surface area contributed by atoms with E-state index in [4.69, 9.17) is 4.98 Å². The van der Waals surface area contributed by atoms with Gasteiger partial charge in [0.05, 0.1) is 16.3 Å².